The average molecular weight is 153 g/mol. The van der Waals surface area contributed by atoms with Gasteiger partial charge in [0.25, 0.3) is 0 Å². The van der Waals surface area contributed by atoms with Crippen LogP contribution in [0.3, 0.4) is 0 Å². The third-order valence-corrected chi connectivity index (χ3v) is 1.21. The number of rotatable bonds is 0. The molecule has 1 aromatic rings. The van der Waals surface area contributed by atoms with Crippen molar-refractivity contribution < 1.29 is 4.52 Å². The third kappa shape index (κ3) is 4.13. The largest absolute Gasteiger partial charge is 0.391 e. The molecule has 4 heteroatoms. The Morgan fingerprint density at radius 3 is 2.64 bits per heavy atom. The molecule has 1 aromatic heterocycles. The van der Waals surface area contributed by atoms with Crippen LogP contribution in [0.4, 0.5) is 0 Å². The van der Waals surface area contributed by atoms with E-state index in [1.54, 1.807) is 0 Å². The first-order valence-corrected chi connectivity index (χ1v) is 3.59. The van der Waals surface area contributed by atoms with Gasteiger partial charge in [0.05, 0.1) is 6.20 Å². The van der Waals surface area contributed by atoms with Crippen LogP contribution in [0, 0.1) is 0 Å². The van der Waals surface area contributed by atoms with Gasteiger partial charge in [0.15, 0.2) is 0 Å². The predicted molar refractivity (Wildman–Crippen MR) is 40.7 cm³/mol. The summed E-state index contributed by atoms with van der Waals surface area (Å²) in [4.78, 5) is 0. The minimum Gasteiger partial charge on any atom is -0.391 e. The zero-order valence-corrected chi connectivity index (χ0v) is 6.23. The van der Waals surface area contributed by atoms with Crippen LogP contribution < -0.4 is 5.32 Å². The summed E-state index contributed by atoms with van der Waals surface area (Å²) in [5.74, 6) is 0. The van der Waals surface area contributed by atoms with E-state index in [2.05, 4.69) is 26.3 Å². The van der Waals surface area contributed by atoms with Crippen molar-refractivity contribution in [3.8, 4) is 0 Å². The van der Waals surface area contributed by atoms with Crippen LogP contribution in [-0.2, 0) is 0 Å². The van der Waals surface area contributed by atoms with E-state index >= 15 is 0 Å². The van der Waals surface area contributed by atoms with Gasteiger partial charge in [0.1, 0.15) is 6.26 Å². The number of nitrogens with zero attached hydrogens (tertiary/aromatic N) is 2. The van der Waals surface area contributed by atoms with Crippen LogP contribution in [0.5, 0.6) is 0 Å². The Morgan fingerprint density at radius 1 is 1.45 bits per heavy atom. The first-order valence-electron chi connectivity index (χ1n) is 3.59. The molecule has 2 heterocycles. The van der Waals surface area contributed by atoms with Crippen molar-refractivity contribution in [2.24, 2.45) is 0 Å². The fourth-order valence-corrected chi connectivity index (χ4v) is 0.708. The lowest BCUT2D eigenvalue weighted by Crippen LogP contribution is -2.09. The molecule has 11 heavy (non-hydrogen) atoms. The molecule has 0 fully saturated rings. The quantitative estimate of drug-likeness (QED) is 0.603. The van der Waals surface area contributed by atoms with Gasteiger partial charge < -0.3 is 9.84 Å². The highest BCUT2D eigenvalue weighted by molar-refractivity contribution is 4.83. The van der Waals surface area contributed by atoms with Crippen LogP contribution in [0.2, 0.25) is 0 Å². The Labute approximate surface area is 65.3 Å². The number of nitrogens with one attached hydrogen (secondary N) is 1. The standard InChI is InChI=1S/C5H9N.C2H2N2O/c1-2-4-6-5-3-1;1-2-5-4-3-1/h2,4,6H,1,3,5H2;1-2H. The smallest absolute Gasteiger partial charge is 0.144 e. The van der Waals surface area contributed by atoms with Gasteiger partial charge in [0, 0.05) is 11.8 Å². The molecule has 1 aliphatic heterocycles. The zero-order valence-electron chi connectivity index (χ0n) is 6.23. The minimum atomic E-state index is 1.16. The summed E-state index contributed by atoms with van der Waals surface area (Å²) >= 11 is 0. The van der Waals surface area contributed by atoms with Crippen molar-refractivity contribution in [3.05, 3.63) is 24.7 Å². The predicted octanol–water partition coefficient (Wildman–Crippen LogP) is 0.953. The number of aromatic nitrogens is 2. The molecular weight excluding hydrogens is 142 g/mol. The van der Waals surface area contributed by atoms with E-state index in [0.717, 1.165) is 6.54 Å². The molecule has 60 valence electrons. The monoisotopic (exact) mass is 153 g/mol. The lowest BCUT2D eigenvalue weighted by atomic mass is 10.2. The molecule has 0 aromatic carbocycles. The molecule has 0 radical (unpaired) electrons. The van der Waals surface area contributed by atoms with Crippen molar-refractivity contribution in [2.45, 2.75) is 12.8 Å². The van der Waals surface area contributed by atoms with Gasteiger partial charge in [-0.1, -0.05) is 6.08 Å². The lowest BCUT2D eigenvalue weighted by molar-refractivity contribution is 0.393. The van der Waals surface area contributed by atoms with Crippen LogP contribution >= 0.6 is 0 Å². The molecule has 1 aliphatic rings. The average Bonchev–Trinajstić information content (AvgIpc) is 2.64. The molecule has 4 nitrogen and oxygen atoms in total. The Balaban J connectivity index is 0.000000112. The van der Waals surface area contributed by atoms with Gasteiger partial charge in [-0.3, -0.25) is 0 Å². The summed E-state index contributed by atoms with van der Waals surface area (Å²) in [6.45, 7) is 1.16. The van der Waals surface area contributed by atoms with Gasteiger partial charge in [-0.15, -0.1) is 5.10 Å². The molecule has 0 bridgehead atoms. The van der Waals surface area contributed by atoms with Gasteiger partial charge in [-0.2, -0.15) is 0 Å². The highest BCUT2D eigenvalue weighted by Crippen LogP contribution is 1.91. The maximum atomic E-state index is 4.22. The summed E-state index contributed by atoms with van der Waals surface area (Å²) in [6, 6.07) is 0. The van der Waals surface area contributed by atoms with Gasteiger partial charge >= 0.3 is 0 Å². The van der Waals surface area contributed by atoms with Crippen molar-refractivity contribution in [3.63, 3.8) is 0 Å². The molecule has 0 unspecified atom stereocenters. The normalized spacial score (nSPS) is 14.5. The molecule has 1 N–H and O–H groups in total. The van der Waals surface area contributed by atoms with E-state index in [0.29, 0.717) is 0 Å². The third-order valence-electron chi connectivity index (χ3n) is 1.21. The van der Waals surface area contributed by atoms with Crippen molar-refractivity contribution in [1.29, 1.82) is 0 Å². The number of hydrogen-bond acceptors (Lipinski definition) is 4. The van der Waals surface area contributed by atoms with Crippen LogP contribution in [-0.4, -0.2) is 16.9 Å². The summed E-state index contributed by atoms with van der Waals surface area (Å²) in [7, 11) is 0. The molecular formula is C7H11N3O. The second-order valence-electron chi connectivity index (χ2n) is 2.09. The van der Waals surface area contributed by atoms with Crippen molar-refractivity contribution >= 4 is 0 Å². The molecule has 2 rings (SSSR count). The van der Waals surface area contributed by atoms with E-state index in [4.69, 9.17) is 0 Å². The molecule has 0 spiro atoms. The number of allylic oxidation sites excluding steroid dienone is 1. The van der Waals surface area contributed by atoms with Crippen molar-refractivity contribution in [1.82, 2.24) is 15.7 Å². The Morgan fingerprint density at radius 2 is 2.45 bits per heavy atom. The minimum absolute atomic E-state index is 1.16. The zero-order chi connectivity index (χ0) is 7.78. The van der Waals surface area contributed by atoms with E-state index in [-0.39, 0.29) is 0 Å². The molecule has 0 saturated heterocycles. The second kappa shape index (κ2) is 5.46. The summed E-state index contributed by atoms with van der Waals surface area (Å²) < 4.78 is 4.22. The summed E-state index contributed by atoms with van der Waals surface area (Å²) in [5.41, 5.74) is 0. The van der Waals surface area contributed by atoms with E-state index in [9.17, 15) is 0 Å². The van der Waals surface area contributed by atoms with Gasteiger partial charge in [-0.05, 0) is 19.0 Å². The molecule has 0 saturated carbocycles. The highest BCUT2D eigenvalue weighted by atomic mass is 16.5. The second-order valence-corrected chi connectivity index (χ2v) is 2.09. The Bertz CT molecular complexity index is 158. The van der Waals surface area contributed by atoms with E-state index < -0.39 is 0 Å². The first kappa shape index (κ1) is 7.78. The SMILES string of the molecule is C1=CNCCC1.c1conn1. The van der Waals surface area contributed by atoms with Crippen molar-refractivity contribution in [2.75, 3.05) is 6.54 Å². The van der Waals surface area contributed by atoms with Crippen LogP contribution in [0.15, 0.2) is 29.3 Å². The van der Waals surface area contributed by atoms with E-state index in [1.807, 2.05) is 6.20 Å². The molecule has 0 atom stereocenters. The number of hydrogen-bond donors (Lipinski definition) is 1. The maximum absolute atomic E-state index is 4.22. The van der Waals surface area contributed by atoms with Crippen LogP contribution in [0.25, 0.3) is 0 Å². The molecule has 0 aliphatic carbocycles. The summed E-state index contributed by atoms with van der Waals surface area (Å²) in [6.07, 6.45) is 9.61. The topological polar surface area (TPSA) is 51.0 Å². The summed E-state index contributed by atoms with van der Waals surface area (Å²) in [5, 5.41) is 9.51. The fourth-order valence-electron chi connectivity index (χ4n) is 0.708. The van der Waals surface area contributed by atoms with E-state index in [1.165, 1.54) is 25.3 Å². The van der Waals surface area contributed by atoms with Gasteiger partial charge in [0.2, 0.25) is 0 Å². The fraction of sp³-hybridized carbons (Fsp3) is 0.429. The van der Waals surface area contributed by atoms with Gasteiger partial charge in [-0.25, -0.2) is 0 Å². The van der Waals surface area contributed by atoms with Crippen LogP contribution in [0.1, 0.15) is 12.8 Å². The lowest BCUT2D eigenvalue weighted by Gasteiger charge is -2.02. The first-order chi connectivity index (χ1) is 5.50. The maximum Gasteiger partial charge on any atom is 0.144 e. The Hall–Kier alpha value is -1.32. The Kier molecular flexibility index (Phi) is 3.87. The highest BCUT2D eigenvalue weighted by Gasteiger charge is 1.84. The molecule has 0 amide bonds.